The summed E-state index contributed by atoms with van der Waals surface area (Å²) in [6.45, 7) is 0. The number of anilines is 1. The Hall–Kier alpha value is -3.84. The molecule has 1 fully saturated rings. The van der Waals surface area contributed by atoms with E-state index in [1.807, 2.05) is 0 Å². The van der Waals surface area contributed by atoms with Crippen molar-refractivity contribution in [2.24, 2.45) is 0 Å². The van der Waals surface area contributed by atoms with Crippen molar-refractivity contribution in [2.45, 2.75) is 6.04 Å². The Balaban J connectivity index is 1.98. The van der Waals surface area contributed by atoms with Crippen molar-refractivity contribution < 1.29 is 24.2 Å². The normalized spacial score (nSPS) is 17.5. The molecule has 1 N–H and O–H groups in total. The summed E-state index contributed by atoms with van der Waals surface area (Å²) in [5.74, 6) is -0.969. The topological polar surface area (TPSA) is 89.0 Å². The molecule has 1 saturated heterocycles. The number of ketones is 1. The Morgan fingerprint density at radius 2 is 1.81 bits per heavy atom. The van der Waals surface area contributed by atoms with E-state index in [4.69, 9.17) is 21.1 Å². The molecular weight excluding hydrogens is 432 g/mol. The molecule has 0 spiro atoms. The highest BCUT2D eigenvalue weighted by atomic mass is 35.5. The number of rotatable bonds is 5. The van der Waals surface area contributed by atoms with Gasteiger partial charge >= 0.3 is 0 Å². The molecule has 1 atom stereocenters. The molecule has 162 valence electrons. The van der Waals surface area contributed by atoms with Crippen molar-refractivity contribution in [1.82, 2.24) is 4.98 Å². The minimum absolute atomic E-state index is 0.0651. The lowest BCUT2D eigenvalue weighted by Gasteiger charge is -2.26. The van der Waals surface area contributed by atoms with E-state index in [-0.39, 0.29) is 11.3 Å². The standard InChI is InChI=1S/C24H19ClN2O5/c1-31-17-9-10-18(19(12-17)32-2)21-20(22(28)14-5-7-15(25)8-6-14)23(29)24(30)27(21)16-4-3-11-26-13-16/h3-13,21,28H,1-2H3/t21-/m1/s1. The monoisotopic (exact) mass is 450 g/mol. The molecule has 32 heavy (non-hydrogen) atoms. The molecule has 0 saturated carbocycles. The quantitative estimate of drug-likeness (QED) is 0.352. The van der Waals surface area contributed by atoms with Crippen LogP contribution in [0.4, 0.5) is 5.69 Å². The third-order valence-corrected chi connectivity index (χ3v) is 5.47. The smallest absolute Gasteiger partial charge is 0.300 e. The number of Topliss-reactive ketones (excluding diaryl/α,β-unsaturated/α-hetero) is 1. The van der Waals surface area contributed by atoms with Crippen molar-refractivity contribution in [3.05, 3.63) is 88.7 Å². The molecule has 1 aliphatic heterocycles. The molecular formula is C24H19ClN2O5. The number of nitrogens with zero attached hydrogens (tertiary/aromatic N) is 2. The van der Waals surface area contributed by atoms with Gasteiger partial charge < -0.3 is 14.6 Å². The highest BCUT2D eigenvalue weighted by Crippen LogP contribution is 2.45. The predicted octanol–water partition coefficient (Wildman–Crippen LogP) is 4.38. The molecule has 0 aliphatic carbocycles. The van der Waals surface area contributed by atoms with Gasteiger partial charge in [0, 0.05) is 28.4 Å². The summed E-state index contributed by atoms with van der Waals surface area (Å²) in [5.41, 5.74) is 1.21. The first-order valence-electron chi connectivity index (χ1n) is 9.65. The number of aliphatic hydroxyl groups is 1. The molecule has 2 heterocycles. The van der Waals surface area contributed by atoms with Crippen molar-refractivity contribution in [3.63, 3.8) is 0 Å². The third-order valence-electron chi connectivity index (χ3n) is 5.22. The molecule has 2 aromatic carbocycles. The summed E-state index contributed by atoms with van der Waals surface area (Å²) >= 11 is 5.96. The molecule has 3 aromatic rings. The first-order valence-corrected chi connectivity index (χ1v) is 10.0. The molecule has 8 heteroatoms. The summed E-state index contributed by atoms with van der Waals surface area (Å²) in [4.78, 5) is 31.7. The van der Waals surface area contributed by atoms with Gasteiger partial charge in [-0.15, -0.1) is 0 Å². The number of carbonyl (C=O) groups is 2. The van der Waals surface area contributed by atoms with Crippen LogP contribution in [-0.2, 0) is 9.59 Å². The number of benzene rings is 2. The fourth-order valence-corrected chi connectivity index (χ4v) is 3.82. The Bertz CT molecular complexity index is 1210. The number of carbonyl (C=O) groups excluding carboxylic acids is 2. The molecule has 1 aromatic heterocycles. The van der Waals surface area contributed by atoms with Gasteiger partial charge in [0.1, 0.15) is 17.3 Å². The maximum Gasteiger partial charge on any atom is 0.300 e. The van der Waals surface area contributed by atoms with E-state index in [2.05, 4.69) is 4.98 Å². The van der Waals surface area contributed by atoms with Gasteiger partial charge in [0.2, 0.25) is 0 Å². The molecule has 0 unspecified atom stereocenters. The molecule has 0 radical (unpaired) electrons. The van der Waals surface area contributed by atoms with Crippen molar-refractivity contribution in [1.29, 1.82) is 0 Å². The second-order valence-corrected chi connectivity index (χ2v) is 7.43. The first kappa shape index (κ1) is 21.4. The van der Waals surface area contributed by atoms with Crippen molar-refractivity contribution >= 4 is 34.7 Å². The van der Waals surface area contributed by atoms with Gasteiger partial charge in [0.05, 0.1) is 37.7 Å². The van der Waals surface area contributed by atoms with E-state index in [1.54, 1.807) is 60.8 Å². The van der Waals surface area contributed by atoms with Crippen LogP contribution in [0.2, 0.25) is 5.02 Å². The molecule has 7 nitrogen and oxygen atoms in total. The maximum atomic E-state index is 13.2. The first-order chi connectivity index (χ1) is 15.5. The number of methoxy groups -OCH3 is 2. The third kappa shape index (κ3) is 3.67. The predicted molar refractivity (Wildman–Crippen MR) is 120 cm³/mol. The minimum atomic E-state index is -0.948. The van der Waals surface area contributed by atoms with E-state index in [0.29, 0.717) is 33.3 Å². The van der Waals surface area contributed by atoms with Crippen molar-refractivity contribution in [2.75, 3.05) is 19.1 Å². The zero-order valence-electron chi connectivity index (χ0n) is 17.3. The van der Waals surface area contributed by atoms with Crippen LogP contribution in [0.3, 0.4) is 0 Å². The largest absolute Gasteiger partial charge is 0.507 e. The lowest BCUT2D eigenvalue weighted by Crippen LogP contribution is -2.29. The molecule has 1 amide bonds. The zero-order chi connectivity index (χ0) is 22.8. The number of hydrogen-bond donors (Lipinski definition) is 1. The average Bonchev–Trinajstić information content (AvgIpc) is 3.09. The number of amides is 1. The summed E-state index contributed by atoms with van der Waals surface area (Å²) in [5, 5.41) is 11.6. The maximum absolute atomic E-state index is 13.2. The van der Waals surface area contributed by atoms with Crippen LogP contribution in [-0.4, -0.2) is 36.0 Å². The molecule has 1 aliphatic rings. The lowest BCUT2D eigenvalue weighted by molar-refractivity contribution is -0.132. The fourth-order valence-electron chi connectivity index (χ4n) is 3.70. The SMILES string of the molecule is COc1ccc([C@@H]2C(=C(O)c3ccc(Cl)cc3)C(=O)C(=O)N2c2cccnc2)c(OC)c1. The highest BCUT2D eigenvalue weighted by molar-refractivity contribution is 6.51. The zero-order valence-corrected chi connectivity index (χ0v) is 18.0. The van der Waals surface area contributed by atoms with Gasteiger partial charge in [-0.2, -0.15) is 0 Å². The van der Waals surface area contributed by atoms with Crippen LogP contribution in [0.5, 0.6) is 11.5 Å². The van der Waals surface area contributed by atoms with E-state index in [0.717, 1.165) is 0 Å². The second-order valence-electron chi connectivity index (χ2n) is 7.00. The Morgan fingerprint density at radius 1 is 1.06 bits per heavy atom. The van der Waals surface area contributed by atoms with Gasteiger partial charge in [-0.05, 0) is 48.5 Å². The number of ether oxygens (including phenoxy) is 2. The van der Waals surface area contributed by atoms with Crippen LogP contribution < -0.4 is 14.4 Å². The van der Waals surface area contributed by atoms with Crippen LogP contribution in [0, 0.1) is 0 Å². The Morgan fingerprint density at radius 3 is 2.44 bits per heavy atom. The number of pyridine rings is 1. The van der Waals surface area contributed by atoms with E-state index < -0.39 is 17.7 Å². The van der Waals surface area contributed by atoms with E-state index >= 15 is 0 Å². The summed E-state index contributed by atoms with van der Waals surface area (Å²) in [6.07, 6.45) is 3.05. The van der Waals surface area contributed by atoms with Gasteiger partial charge in [-0.3, -0.25) is 19.5 Å². The van der Waals surface area contributed by atoms with Crippen LogP contribution in [0.15, 0.2) is 72.6 Å². The van der Waals surface area contributed by atoms with Gasteiger partial charge in [-0.25, -0.2) is 0 Å². The van der Waals surface area contributed by atoms with Gasteiger partial charge in [0.25, 0.3) is 11.7 Å². The summed E-state index contributed by atoms with van der Waals surface area (Å²) in [7, 11) is 3.00. The minimum Gasteiger partial charge on any atom is -0.507 e. The van der Waals surface area contributed by atoms with Gasteiger partial charge in [-0.1, -0.05) is 11.6 Å². The highest BCUT2D eigenvalue weighted by Gasteiger charge is 2.48. The number of aromatic nitrogens is 1. The van der Waals surface area contributed by atoms with Gasteiger partial charge in [0.15, 0.2) is 0 Å². The van der Waals surface area contributed by atoms with E-state index in [1.165, 1.54) is 25.3 Å². The Kier molecular flexibility index (Phi) is 5.83. The number of halogens is 1. The van der Waals surface area contributed by atoms with Crippen LogP contribution in [0.25, 0.3) is 5.76 Å². The second kappa shape index (κ2) is 8.72. The van der Waals surface area contributed by atoms with Crippen LogP contribution in [0.1, 0.15) is 17.2 Å². The summed E-state index contributed by atoms with van der Waals surface area (Å²) < 4.78 is 10.8. The van der Waals surface area contributed by atoms with Crippen LogP contribution >= 0.6 is 11.6 Å². The van der Waals surface area contributed by atoms with E-state index in [9.17, 15) is 14.7 Å². The fraction of sp³-hybridized carbons (Fsp3) is 0.125. The molecule has 4 rings (SSSR count). The molecule has 0 bridgehead atoms. The van der Waals surface area contributed by atoms with Crippen molar-refractivity contribution in [3.8, 4) is 11.5 Å². The number of hydrogen-bond acceptors (Lipinski definition) is 6. The Labute approximate surface area is 189 Å². The summed E-state index contributed by atoms with van der Waals surface area (Å²) in [6, 6.07) is 13.8. The lowest BCUT2D eigenvalue weighted by atomic mass is 9.94. The average molecular weight is 451 g/mol. The number of aliphatic hydroxyl groups excluding tert-OH is 1.